The summed E-state index contributed by atoms with van der Waals surface area (Å²) in [6, 6.07) is 3.52. The summed E-state index contributed by atoms with van der Waals surface area (Å²) in [4.78, 5) is 2.68. The summed E-state index contributed by atoms with van der Waals surface area (Å²) in [6.07, 6.45) is 2.37. The van der Waals surface area contributed by atoms with Crippen molar-refractivity contribution in [2.75, 3.05) is 13.1 Å². The third kappa shape index (κ3) is 3.14. The van der Waals surface area contributed by atoms with Gasteiger partial charge in [0.25, 0.3) is 0 Å². The van der Waals surface area contributed by atoms with Gasteiger partial charge in [0.05, 0.1) is 0 Å². The van der Waals surface area contributed by atoms with Crippen LogP contribution in [0.1, 0.15) is 39.7 Å². The van der Waals surface area contributed by atoms with E-state index in [0.717, 1.165) is 13.1 Å². The van der Waals surface area contributed by atoms with Crippen LogP contribution in [0.4, 0.5) is 0 Å². The largest absolute Gasteiger partial charge is 0.309 e. The highest BCUT2D eigenvalue weighted by molar-refractivity contribution is 7.07. The number of piperazine rings is 1. The van der Waals surface area contributed by atoms with Crippen LogP contribution in [0, 0.1) is 0 Å². The highest BCUT2D eigenvalue weighted by Crippen LogP contribution is 2.22. The zero-order chi connectivity index (χ0) is 13.2. The van der Waals surface area contributed by atoms with Crippen LogP contribution in [0.2, 0.25) is 0 Å². The third-order valence-corrected chi connectivity index (χ3v) is 5.11. The van der Waals surface area contributed by atoms with Crippen molar-refractivity contribution in [1.82, 2.24) is 10.2 Å². The van der Waals surface area contributed by atoms with Crippen molar-refractivity contribution in [1.29, 1.82) is 0 Å². The molecule has 0 saturated carbocycles. The first-order valence-electron chi connectivity index (χ1n) is 7.06. The molecule has 1 aromatic rings. The van der Waals surface area contributed by atoms with Crippen molar-refractivity contribution < 1.29 is 0 Å². The number of hydrogen-bond acceptors (Lipinski definition) is 3. The number of hydrogen-bond donors (Lipinski definition) is 1. The van der Waals surface area contributed by atoms with E-state index in [1.807, 2.05) is 0 Å². The first-order chi connectivity index (χ1) is 8.54. The Balaban J connectivity index is 2.01. The molecule has 2 heterocycles. The summed E-state index contributed by atoms with van der Waals surface area (Å²) in [5.41, 5.74) is 1.77. The second kappa shape index (κ2) is 5.72. The lowest BCUT2D eigenvalue weighted by Gasteiger charge is -2.47. The molecular formula is C15H26N2S. The predicted octanol–water partition coefficient (Wildman–Crippen LogP) is 3.14. The normalized spacial score (nSPS) is 31.4. The fourth-order valence-electron chi connectivity index (χ4n) is 2.82. The maximum Gasteiger partial charge on any atom is 0.0278 e. The Morgan fingerprint density at radius 3 is 3.00 bits per heavy atom. The van der Waals surface area contributed by atoms with Crippen LogP contribution in [0.3, 0.4) is 0 Å². The Morgan fingerprint density at radius 2 is 2.39 bits per heavy atom. The molecule has 1 fully saturated rings. The van der Waals surface area contributed by atoms with Gasteiger partial charge in [-0.3, -0.25) is 4.90 Å². The van der Waals surface area contributed by atoms with Crippen LogP contribution in [-0.4, -0.2) is 35.6 Å². The molecule has 1 saturated heterocycles. The number of nitrogens with zero attached hydrogens (tertiary/aromatic N) is 1. The summed E-state index contributed by atoms with van der Waals surface area (Å²) < 4.78 is 0. The van der Waals surface area contributed by atoms with E-state index in [1.165, 1.54) is 18.4 Å². The van der Waals surface area contributed by atoms with Crippen LogP contribution in [-0.2, 0) is 6.42 Å². The maximum absolute atomic E-state index is 3.70. The molecule has 1 aliphatic heterocycles. The van der Waals surface area contributed by atoms with Crippen LogP contribution < -0.4 is 5.32 Å². The molecule has 0 spiro atoms. The van der Waals surface area contributed by atoms with Crippen molar-refractivity contribution >= 4 is 11.3 Å². The van der Waals surface area contributed by atoms with Gasteiger partial charge in [-0.05, 0) is 56.0 Å². The van der Waals surface area contributed by atoms with Crippen LogP contribution in [0.25, 0.3) is 0 Å². The standard InChI is InChI=1S/C15H26N2S/c1-5-15(4)11-17(13(3)9-16-15)12(2)8-14-6-7-18-10-14/h6-7,10,12-13,16H,5,8-9,11H2,1-4H3. The van der Waals surface area contributed by atoms with Crippen molar-refractivity contribution in [3.8, 4) is 0 Å². The highest BCUT2D eigenvalue weighted by Gasteiger charge is 2.34. The molecule has 0 aliphatic carbocycles. The van der Waals surface area contributed by atoms with Gasteiger partial charge >= 0.3 is 0 Å². The average molecular weight is 266 g/mol. The highest BCUT2D eigenvalue weighted by atomic mass is 32.1. The molecule has 3 atom stereocenters. The Kier molecular flexibility index (Phi) is 4.46. The summed E-state index contributed by atoms with van der Waals surface area (Å²) >= 11 is 1.80. The van der Waals surface area contributed by atoms with E-state index in [-0.39, 0.29) is 5.54 Å². The van der Waals surface area contributed by atoms with E-state index in [9.17, 15) is 0 Å². The van der Waals surface area contributed by atoms with Crippen LogP contribution in [0.15, 0.2) is 16.8 Å². The maximum atomic E-state index is 3.70. The van der Waals surface area contributed by atoms with Crippen molar-refractivity contribution in [2.45, 2.75) is 58.2 Å². The minimum Gasteiger partial charge on any atom is -0.309 e. The van der Waals surface area contributed by atoms with Gasteiger partial charge in [0.2, 0.25) is 0 Å². The zero-order valence-corrected chi connectivity index (χ0v) is 12.9. The van der Waals surface area contributed by atoms with E-state index in [1.54, 1.807) is 11.3 Å². The molecule has 0 bridgehead atoms. The van der Waals surface area contributed by atoms with Gasteiger partial charge in [-0.1, -0.05) is 6.92 Å². The van der Waals surface area contributed by atoms with E-state index in [0.29, 0.717) is 12.1 Å². The van der Waals surface area contributed by atoms with Gasteiger partial charge in [0, 0.05) is 30.7 Å². The third-order valence-electron chi connectivity index (χ3n) is 4.38. The molecule has 102 valence electrons. The van der Waals surface area contributed by atoms with Crippen molar-refractivity contribution in [2.24, 2.45) is 0 Å². The van der Waals surface area contributed by atoms with Crippen molar-refractivity contribution in [3.05, 3.63) is 22.4 Å². The number of nitrogens with one attached hydrogen (secondary N) is 1. The fraction of sp³-hybridized carbons (Fsp3) is 0.733. The molecule has 3 heteroatoms. The second-order valence-electron chi connectivity index (χ2n) is 6.00. The zero-order valence-electron chi connectivity index (χ0n) is 12.1. The van der Waals surface area contributed by atoms with Gasteiger partial charge in [-0.2, -0.15) is 11.3 Å². The topological polar surface area (TPSA) is 15.3 Å². The molecule has 0 amide bonds. The fourth-order valence-corrected chi connectivity index (χ4v) is 3.50. The van der Waals surface area contributed by atoms with E-state index in [2.05, 4.69) is 54.7 Å². The summed E-state index contributed by atoms with van der Waals surface area (Å²) in [5.74, 6) is 0. The Labute approximate surface area is 115 Å². The van der Waals surface area contributed by atoms with Crippen LogP contribution >= 0.6 is 11.3 Å². The molecule has 1 N–H and O–H groups in total. The average Bonchev–Trinajstić information content (AvgIpc) is 2.85. The molecule has 0 aromatic carbocycles. The lowest BCUT2D eigenvalue weighted by atomic mass is 9.92. The van der Waals surface area contributed by atoms with E-state index in [4.69, 9.17) is 0 Å². The molecule has 2 nitrogen and oxygen atoms in total. The van der Waals surface area contributed by atoms with Crippen LogP contribution in [0.5, 0.6) is 0 Å². The van der Waals surface area contributed by atoms with Crippen molar-refractivity contribution in [3.63, 3.8) is 0 Å². The summed E-state index contributed by atoms with van der Waals surface area (Å²) in [6.45, 7) is 11.6. The summed E-state index contributed by atoms with van der Waals surface area (Å²) in [7, 11) is 0. The number of thiophene rings is 1. The molecule has 3 unspecified atom stereocenters. The molecule has 1 aliphatic rings. The Bertz CT molecular complexity index is 363. The summed E-state index contributed by atoms with van der Waals surface area (Å²) in [5, 5.41) is 8.16. The van der Waals surface area contributed by atoms with E-state index < -0.39 is 0 Å². The van der Waals surface area contributed by atoms with Gasteiger partial charge < -0.3 is 5.32 Å². The lowest BCUT2D eigenvalue weighted by molar-refractivity contribution is 0.0601. The molecule has 18 heavy (non-hydrogen) atoms. The Hall–Kier alpha value is -0.380. The molecule has 2 rings (SSSR count). The first-order valence-corrected chi connectivity index (χ1v) is 8.00. The molecule has 0 radical (unpaired) electrons. The SMILES string of the molecule is CCC1(C)CN(C(C)Cc2ccsc2)C(C)CN1. The predicted molar refractivity (Wildman–Crippen MR) is 80.4 cm³/mol. The molecular weight excluding hydrogens is 240 g/mol. The van der Waals surface area contributed by atoms with E-state index >= 15 is 0 Å². The Morgan fingerprint density at radius 1 is 1.61 bits per heavy atom. The van der Waals surface area contributed by atoms with Gasteiger partial charge in [-0.15, -0.1) is 0 Å². The van der Waals surface area contributed by atoms with Gasteiger partial charge in [-0.25, -0.2) is 0 Å². The minimum absolute atomic E-state index is 0.287. The quantitative estimate of drug-likeness (QED) is 0.900. The monoisotopic (exact) mass is 266 g/mol. The van der Waals surface area contributed by atoms with Gasteiger partial charge in [0.1, 0.15) is 0 Å². The lowest BCUT2D eigenvalue weighted by Crippen LogP contribution is -2.63. The smallest absolute Gasteiger partial charge is 0.0278 e. The number of rotatable bonds is 4. The minimum atomic E-state index is 0.287. The van der Waals surface area contributed by atoms with Gasteiger partial charge in [0.15, 0.2) is 0 Å². The second-order valence-corrected chi connectivity index (χ2v) is 6.78. The first kappa shape index (κ1) is 14.0. The molecule has 1 aromatic heterocycles.